The van der Waals surface area contributed by atoms with Crippen LogP contribution in [-0.4, -0.2) is 37.2 Å². The van der Waals surface area contributed by atoms with Crippen LogP contribution in [0.15, 0.2) is 48.6 Å². The van der Waals surface area contributed by atoms with Crippen molar-refractivity contribution in [2.24, 2.45) is 0 Å². The molecule has 71 heavy (non-hydrogen) atoms. The first-order valence-electron chi connectivity index (χ1n) is 31.1. The first kappa shape index (κ1) is 68.4. The van der Waals surface area contributed by atoms with Crippen LogP contribution >= 0.6 is 0 Å². The van der Waals surface area contributed by atoms with Gasteiger partial charge in [-0.3, -0.25) is 14.4 Å². The van der Waals surface area contributed by atoms with E-state index in [1.54, 1.807) is 0 Å². The summed E-state index contributed by atoms with van der Waals surface area (Å²) < 4.78 is 16.9. The zero-order chi connectivity index (χ0) is 51.4. The molecule has 6 heteroatoms. The molecule has 0 N–H and O–H groups in total. The predicted molar refractivity (Wildman–Crippen MR) is 307 cm³/mol. The summed E-state index contributed by atoms with van der Waals surface area (Å²) in [4.78, 5) is 38.3. The Labute approximate surface area is 441 Å². The molecular weight excluding hydrogens is 877 g/mol. The molecule has 0 unspecified atom stereocenters. The van der Waals surface area contributed by atoms with Crippen molar-refractivity contribution < 1.29 is 28.6 Å². The van der Waals surface area contributed by atoms with Gasteiger partial charge in [0.2, 0.25) is 0 Å². The molecule has 0 amide bonds. The Bertz CT molecular complexity index is 1230. The first-order chi connectivity index (χ1) is 35.0. The summed E-state index contributed by atoms with van der Waals surface area (Å²) in [6.45, 7) is 6.56. The van der Waals surface area contributed by atoms with Crippen molar-refractivity contribution in [1.29, 1.82) is 0 Å². The molecule has 0 fully saturated rings. The first-order valence-corrected chi connectivity index (χ1v) is 31.1. The van der Waals surface area contributed by atoms with Gasteiger partial charge in [0.25, 0.3) is 0 Å². The molecule has 0 saturated carbocycles. The lowest BCUT2D eigenvalue weighted by Gasteiger charge is -2.18. The van der Waals surface area contributed by atoms with Gasteiger partial charge in [-0.1, -0.05) is 281 Å². The van der Waals surface area contributed by atoms with Crippen molar-refractivity contribution >= 4 is 17.9 Å². The van der Waals surface area contributed by atoms with E-state index in [0.717, 1.165) is 96.3 Å². The standard InChI is InChI=1S/C65H118O6/c1-4-7-10-13-16-19-22-25-28-30-31-32-33-35-38-40-43-46-49-52-55-58-64(67)70-61-62(71-65(68)59-56-53-50-47-44-41-36-27-24-21-18-15-12-9-6-3)60-69-63(66)57-54-51-48-45-42-39-37-34-29-26-23-20-17-14-11-8-5-2/h9,12,18,21,26-27,29,36,62H,4-8,10-11,13-17,19-20,22-25,28,30-35,37-61H2,1-3H3/b12-9-,21-18-,29-26-,36-27-/t62-/m1/s1. The SMILES string of the molecule is CC/C=C\C/C=C\C/C=C\CCCCCCCC(=O)O[C@H](COC(=O)CCCCCCCCC/C=C\CCCCCCCC)COC(=O)CCCCCCCCCCCCCCCCCCCCCCC. The fourth-order valence-electron chi connectivity index (χ4n) is 9.16. The molecule has 1 atom stereocenters. The van der Waals surface area contributed by atoms with Crippen molar-refractivity contribution in [3.05, 3.63) is 48.6 Å². The van der Waals surface area contributed by atoms with E-state index in [4.69, 9.17) is 14.2 Å². The minimum absolute atomic E-state index is 0.0781. The third kappa shape index (κ3) is 58.1. The second kappa shape index (κ2) is 59.9. The Hall–Kier alpha value is -2.63. The molecule has 0 rings (SSSR count). The molecule has 6 nitrogen and oxygen atoms in total. The van der Waals surface area contributed by atoms with E-state index in [2.05, 4.69) is 69.4 Å². The second-order valence-corrected chi connectivity index (χ2v) is 20.9. The number of carbonyl (C=O) groups excluding carboxylic acids is 3. The number of carbonyl (C=O) groups is 3. The van der Waals surface area contributed by atoms with Crippen molar-refractivity contribution in [2.75, 3.05) is 13.2 Å². The highest BCUT2D eigenvalue weighted by molar-refractivity contribution is 5.71. The fourth-order valence-corrected chi connectivity index (χ4v) is 9.16. The second-order valence-electron chi connectivity index (χ2n) is 20.9. The van der Waals surface area contributed by atoms with E-state index in [0.29, 0.717) is 19.3 Å². The van der Waals surface area contributed by atoms with Crippen LogP contribution in [0, 0.1) is 0 Å². The lowest BCUT2D eigenvalue weighted by Crippen LogP contribution is -2.30. The van der Waals surface area contributed by atoms with Gasteiger partial charge in [0.05, 0.1) is 0 Å². The van der Waals surface area contributed by atoms with Crippen LogP contribution < -0.4 is 0 Å². The van der Waals surface area contributed by atoms with Crippen LogP contribution in [0.4, 0.5) is 0 Å². The Kier molecular flexibility index (Phi) is 57.7. The highest BCUT2D eigenvalue weighted by atomic mass is 16.6. The van der Waals surface area contributed by atoms with Crippen LogP contribution in [0.3, 0.4) is 0 Å². The van der Waals surface area contributed by atoms with Gasteiger partial charge in [0.1, 0.15) is 13.2 Å². The minimum Gasteiger partial charge on any atom is -0.462 e. The van der Waals surface area contributed by atoms with Gasteiger partial charge in [-0.25, -0.2) is 0 Å². The highest BCUT2D eigenvalue weighted by Gasteiger charge is 2.19. The zero-order valence-electron chi connectivity index (χ0n) is 47.5. The summed E-state index contributed by atoms with van der Waals surface area (Å²) in [7, 11) is 0. The minimum atomic E-state index is -0.782. The summed E-state index contributed by atoms with van der Waals surface area (Å²) in [5.74, 6) is -0.881. The Balaban J connectivity index is 4.32. The molecule has 0 aromatic carbocycles. The summed E-state index contributed by atoms with van der Waals surface area (Å²) >= 11 is 0. The van der Waals surface area contributed by atoms with Gasteiger partial charge in [0.15, 0.2) is 6.10 Å². The predicted octanol–water partition coefficient (Wildman–Crippen LogP) is 21.0. The molecular formula is C65H118O6. The van der Waals surface area contributed by atoms with Crippen LogP contribution in [-0.2, 0) is 28.6 Å². The molecule has 0 aliphatic carbocycles. The molecule has 0 aliphatic heterocycles. The lowest BCUT2D eigenvalue weighted by molar-refractivity contribution is -0.167. The Morgan fingerprint density at radius 3 is 0.873 bits per heavy atom. The Morgan fingerprint density at radius 2 is 0.549 bits per heavy atom. The van der Waals surface area contributed by atoms with E-state index in [1.165, 1.54) is 193 Å². The maximum absolute atomic E-state index is 12.9. The van der Waals surface area contributed by atoms with Crippen LogP contribution in [0.1, 0.15) is 329 Å². The monoisotopic (exact) mass is 995 g/mol. The number of hydrogen-bond donors (Lipinski definition) is 0. The molecule has 0 bridgehead atoms. The average molecular weight is 996 g/mol. The van der Waals surface area contributed by atoms with E-state index < -0.39 is 6.10 Å². The fraction of sp³-hybridized carbons (Fsp3) is 0.831. The van der Waals surface area contributed by atoms with E-state index in [1.807, 2.05) is 0 Å². The zero-order valence-corrected chi connectivity index (χ0v) is 47.5. The summed E-state index contributed by atoms with van der Waals surface area (Å²) in [6, 6.07) is 0. The number of esters is 3. The van der Waals surface area contributed by atoms with Gasteiger partial charge in [-0.05, 0) is 77.0 Å². The third-order valence-corrected chi connectivity index (χ3v) is 13.8. The van der Waals surface area contributed by atoms with Crippen molar-refractivity contribution in [3.63, 3.8) is 0 Å². The third-order valence-electron chi connectivity index (χ3n) is 13.8. The van der Waals surface area contributed by atoms with Gasteiger partial charge in [0, 0.05) is 19.3 Å². The molecule has 0 aromatic rings. The molecule has 0 spiro atoms. The Morgan fingerprint density at radius 1 is 0.296 bits per heavy atom. The summed E-state index contributed by atoms with van der Waals surface area (Å²) in [5.41, 5.74) is 0. The number of rotatable bonds is 57. The lowest BCUT2D eigenvalue weighted by atomic mass is 10.0. The summed E-state index contributed by atoms with van der Waals surface area (Å²) in [5, 5.41) is 0. The number of ether oxygens (including phenoxy) is 3. The van der Waals surface area contributed by atoms with Crippen molar-refractivity contribution in [2.45, 2.75) is 335 Å². The van der Waals surface area contributed by atoms with E-state index in [9.17, 15) is 14.4 Å². The van der Waals surface area contributed by atoms with Crippen LogP contribution in [0.25, 0.3) is 0 Å². The van der Waals surface area contributed by atoms with Gasteiger partial charge in [-0.15, -0.1) is 0 Å². The molecule has 0 aromatic heterocycles. The maximum atomic E-state index is 12.9. The van der Waals surface area contributed by atoms with Crippen LogP contribution in [0.5, 0.6) is 0 Å². The number of hydrogen-bond acceptors (Lipinski definition) is 6. The highest BCUT2D eigenvalue weighted by Crippen LogP contribution is 2.17. The summed E-state index contributed by atoms with van der Waals surface area (Å²) in [6.07, 6.45) is 74.0. The quantitative estimate of drug-likeness (QED) is 0.0261. The smallest absolute Gasteiger partial charge is 0.306 e. The molecule has 0 aliphatic rings. The largest absolute Gasteiger partial charge is 0.462 e. The van der Waals surface area contributed by atoms with E-state index >= 15 is 0 Å². The van der Waals surface area contributed by atoms with Gasteiger partial charge in [-0.2, -0.15) is 0 Å². The van der Waals surface area contributed by atoms with E-state index in [-0.39, 0.29) is 31.1 Å². The molecule has 414 valence electrons. The average Bonchev–Trinajstić information content (AvgIpc) is 3.37. The van der Waals surface area contributed by atoms with Crippen LogP contribution in [0.2, 0.25) is 0 Å². The molecule has 0 heterocycles. The number of allylic oxidation sites excluding steroid dienone is 8. The van der Waals surface area contributed by atoms with Crippen molar-refractivity contribution in [3.8, 4) is 0 Å². The molecule has 0 saturated heterocycles. The molecule has 0 radical (unpaired) electrons. The normalized spacial score (nSPS) is 12.3. The number of unbranched alkanes of at least 4 members (excludes halogenated alkanes) is 38. The van der Waals surface area contributed by atoms with Gasteiger partial charge >= 0.3 is 17.9 Å². The van der Waals surface area contributed by atoms with Crippen molar-refractivity contribution in [1.82, 2.24) is 0 Å². The topological polar surface area (TPSA) is 78.9 Å². The van der Waals surface area contributed by atoms with Gasteiger partial charge < -0.3 is 14.2 Å². The maximum Gasteiger partial charge on any atom is 0.306 e.